The van der Waals surface area contributed by atoms with Crippen molar-refractivity contribution < 1.29 is 9.90 Å². The van der Waals surface area contributed by atoms with Gasteiger partial charge < -0.3 is 15.7 Å². The number of hydrogen-bond donors (Lipinski definition) is 3. The highest BCUT2D eigenvalue weighted by molar-refractivity contribution is 5.95. The topological polar surface area (TPSA) is 61.4 Å². The Kier molecular flexibility index (Phi) is 13.2. The SMILES string of the molecule is Cc1ccc(CCc2ccccc2)cc1Nc1ccc(-c2ccccc2)cc1.O=C(O)c1ccc(CCc2ccccc2)cc1Nc1ccc(-c2ccccc2)cc1. The molecule has 0 aliphatic carbocycles. The van der Waals surface area contributed by atoms with E-state index in [9.17, 15) is 9.90 Å². The maximum Gasteiger partial charge on any atom is 0.337 e. The van der Waals surface area contributed by atoms with E-state index in [0.29, 0.717) is 5.69 Å². The van der Waals surface area contributed by atoms with Crippen LogP contribution in [0.15, 0.2) is 206 Å². The summed E-state index contributed by atoms with van der Waals surface area (Å²) in [5.74, 6) is -0.937. The Morgan fingerprint density at radius 2 is 0.759 bits per heavy atom. The number of anilines is 4. The molecular weight excluding hydrogens is 709 g/mol. The smallest absolute Gasteiger partial charge is 0.337 e. The molecule has 0 bridgehead atoms. The van der Waals surface area contributed by atoms with Gasteiger partial charge in [-0.1, -0.05) is 164 Å². The van der Waals surface area contributed by atoms with Gasteiger partial charge >= 0.3 is 5.97 Å². The Morgan fingerprint density at radius 3 is 1.21 bits per heavy atom. The van der Waals surface area contributed by atoms with Crippen LogP contribution in [-0.2, 0) is 25.7 Å². The van der Waals surface area contributed by atoms with Gasteiger partial charge in [0.05, 0.1) is 11.3 Å². The minimum absolute atomic E-state index is 0.269. The molecule has 286 valence electrons. The lowest BCUT2D eigenvalue weighted by Gasteiger charge is -2.13. The van der Waals surface area contributed by atoms with Gasteiger partial charge in [0.2, 0.25) is 0 Å². The molecule has 0 atom stereocenters. The van der Waals surface area contributed by atoms with E-state index in [1.54, 1.807) is 6.07 Å². The van der Waals surface area contributed by atoms with E-state index < -0.39 is 5.97 Å². The first-order valence-electron chi connectivity index (χ1n) is 19.9. The average molecular weight is 757 g/mol. The molecule has 8 rings (SSSR count). The number of carboxylic acid groups (broad SMARTS) is 1. The van der Waals surface area contributed by atoms with E-state index in [1.165, 1.54) is 39.1 Å². The van der Waals surface area contributed by atoms with Crippen LogP contribution in [0, 0.1) is 6.92 Å². The minimum Gasteiger partial charge on any atom is -0.478 e. The highest BCUT2D eigenvalue weighted by Crippen LogP contribution is 2.28. The van der Waals surface area contributed by atoms with Crippen LogP contribution < -0.4 is 10.6 Å². The van der Waals surface area contributed by atoms with Gasteiger partial charge in [-0.15, -0.1) is 0 Å². The quantitative estimate of drug-likeness (QED) is 0.110. The molecule has 0 spiro atoms. The maximum atomic E-state index is 11.7. The molecule has 0 radical (unpaired) electrons. The van der Waals surface area contributed by atoms with Gasteiger partial charge in [0.25, 0.3) is 0 Å². The molecule has 0 aliphatic heterocycles. The second-order valence-electron chi connectivity index (χ2n) is 14.4. The lowest BCUT2D eigenvalue weighted by molar-refractivity contribution is 0.0698. The zero-order valence-corrected chi connectivity index (χ0v) is 32.8. The van der Waals surface area contributed by atoms with Gasteiger partial charge in [-0.05, 0) is 125 Å². The molecule has 0 amide bonds. The fraction of sp³-hybridized carbons (Fsp3) is 0.0926. The molecule has 0 aromatic heterocycles. The molecular formula is C54H48N2O2. The summed E-state index contributed by atoms with van der Waals surface area (Å²) in [4.78, 5) is 11.7. The molecule has 0 saturated carbocycles. The van der Waals surface area contributed by atoms with Crippen molar-refractivity contribution in [1.29, 1.82) is 0 Å². The number of aromatic carboxylic acids is 1. The fourth-order valence-corrected chi connectivity index (χ4v) is 6.93. The molecule has 0 heterocycles. The average Bonchev–Trinajstić information content (AvgIpc) is 3.28. The zero-order valence-electron chi connectivity index (χ0n) is 32.8. The monoisotopic (exact) mass is 756 g/mol. The van der Waals surface area contributed by atoms with Crippen molar-refractivity contribution in [2.75, 3.05) is 10.6 Å². The maximum absolute atomic E-state index is 11.7. The van der Waals surface area contributed by atoms with E-state index >= 15 is 0 Å². The van der Waals surface area contributed by atoms with Crippen LogP contribution in [-0.4, -0.2) is 11.1 Å². The van der Waals surface area contributed by atoms with Gasteiger partial charge in [0, 0.05) is 17.1 Å². The second kappa shape index (κ2) is 19.6. The Hall–Kier alpha value is -7.17. The van der Waals surface area contributed by atoms with Crippen molar-refractivity contribution in [3.8, 4) is 22.3 Å². The largest absolute Gasteiger partial charge is 0.478 e. The van der Waals surface area contributed by atoms with E-state index in [1.807, 2.05) is 78.9 Å². The molecule has 3 N–H and O–H groups in total. The Balaban J connectivity index is 0.000000177. The van der Waals surface area contributed by atoms with Gasteiger partial charge in [-0.3, -0.25) is 0 Å². The van der Waals surface area contributed by atoms with Gasteiger partial charge in [-0.25, -0.2) is 4.79 Å². The third-order valence-corrected chi connectivity index (χ3v) is 10.2. The van der Waals surface area contributed by atoms with Gasteiger partial charge in [-0.2, -0.15) is 0 Å². The third-order valence-electron chi connectivity index (χ3n) is 10.2. The van der Waals surface area contributed by atoms with Crippen LogP contribution in [0.2, 0.25) is 0 Å². The predicted molar refractivity (Wildman–Crippen MR) is 243 cm³/mol. The van der Waals surface area contributed by atoms with Crippen molar-refractivity contribution in [1.82, 2.24) is 0 Å². The van der Waals surface area contributed by atoms with Crippen LogP contribution in [0.3, 0.4) is 0 Å². The van der Waals surface area contributed by atoms with E-state index in [4.69, 9.17) is 0 Å². The van der Waals surface area contributed by atoms with Crippen LogP contribution in [0.4, 0.5) is 22.7 Å². The third kappa shape index (κ3) is 11.0. The molecule has 8 aromatic carbocycles. The van der Waals surface area contributed by atoms with E-state index in [2.05, 4.69) is 139 Å². The lowest BCUT2D eigenvalue weighted by Crippen LogP contribution is -2.04. The molecule has 4 heteroatoms. The molecule has 0 unspecified atom stereocenters. The minimum atomic E-state index is -0.937. The highest BCUT2D eigenvalue weighted by Gasteiger charge is 2.12. The summed E-state index contributed by atoms with van der Waals surface area (Å²) in [6, 6.07) is 70.6. The van der Waals surface area contributed by atoms with Crippen molar-refractivity contribution in [3.63, 3.8) is 0 Å². The van der Waals surface area contributed by atoms with Crippen molar-refractivity contribution in [2.45, 2.75) is 32.6 Å². The summed E-state index contributed by atoms with van der Waals surface area (Å²) >= 11 is 0. The first-order valence-corrected chi connectivity index (χ1v) is 19.9. The van der Waals surface area contributed by atoms with E-state index in [-0.39, 0.29) is 5.56 Å². The Morgan fingerprint density at radius 1 is 0.397 bits per heavy atom. The van der Waals surface area contributed by atoms with Crippen LogP contribution in [0.5, 0.6) is 0 Å². The lowest BCUT2D eigenvalue weighted by atomic mass is 10.0. The van der Waals surface area contributed by atoms with Crippen LogP contribution in [0.25, 0.3) is 22.3 Å². The number of rotatable bonds is 13. The normalized spacial score (nSPS) is 10.6. The zero-order chi connectivity index (χ0) is 39.9. The number of hydrogen-bond acceptors (Lipinski definition) is 3. The van der Waals surface area contributed by atoms with Gasteiger partial charge in [0.1, 0.15) is 0 Å². The summed E-state index contributed by atoms with van der Waals surface area (Å²) in [6.45, 7) is 2.15. The Labute approximate surface area is 342 Å². The summed E-state index contributed by atoms with van der Waals surface area (Å²) in [5, 5.41) is 16.5. The van der Waals surface area contributed by atoms with Crippen molar-refractivity contribution in [2.24, 2.45) is 0 Å². The Bertz CT molecular complexity index is 2500. The molecule has 0 fully saturated rings. The van der Waals surface area contributed by atoms with E-state index in [0.717, 1.165) is 53.7 Å². The van der Waals surface area contributed by atoms with Crippen LogP contribution in [0.1, 0.15) is 38.2 Å². The summed E-state index contributed by atoms with van der Waals surface area (Å²) in [7, 11) is 0. The number of nitrogens with one attached hydrogen (secondary N) is 2. The molecule has 4 nitrogen and oxygen atoms in total. The first-order chi connectivity index (χ1) is 28.5. The van der Waals surface area contributed by atoms with Crippen molar-refractivity contribution >= 4 is 28.7 Å². The highest BCUT2D eigenvalue weighted by atomic mass is 16.4. The molecule has 8 aromatic rings. The molecule has 58 heavy (non-hydrogen) atoms. The number of aryl methyl sites for hydroxylation is 5. The van der Waals surface area contributed by atoms with Gasteiger partial charge in [0.15, 0.2) is 0 Å². The van der Waals surface area contributed by atoms with Crippen molar-refractivity contribution in [3.05, 3.63) is 240 Å². The van der Waals surface area contributed by atoms with Crippen LogP contribution >= 0.6 is 0 Å². The number of carboxylic acids is 1. The number of benzene rings is 8. The molecule has 0 aliphatic rings. The number of carbonyl (C=O) groups is 1. The first kappa shape index (κ1) is 39.1. The predicted octanol–water partition coefficient (Wildman–Crippen LogP) is 13.8. The second-order valence-corrected chi connectivity index (χ2v) is 14.4. The summed E-state index contributed by atoms with van der Waals surface area (Å²) < 4.78 is 0. The fourth-order valence-electron chi connectivity index (χ4n) is 6.93. The molecule has 0 saturated heterocycles. The summed E-state index contributed by atoms with van der Waals surface area (Å²) in [6.07, 6.45) is 3.88. The summed E-state index contributed by atoms with van der Waals surface area (Å²) in [5.41, 5.74) is 15.2. The standard InChI is InChI=1S/C27H23NO2.C27H25N/c29-27(30)25-18-13-21(12-11-20-7-3-1-4-8-20)19-26(25)28-24-16-14-23(15-17-24)22-9-5-2-6-10-22;1-21-12-13-23(15-14-22-8-4-2-5-9-22)20-27(21)28-26-18-16-25(17-19-26)24-10-6-3-7-11-24/h1-10,13-19,28H,11-12H2,(H,29,30);2-13,16-20,28H,14-15H2,1H3.